The number of hydrogen-bond acceptors (Lipinski definition) is 10. The molecule has 0 aliphatic carbocycles. The molecule has 10 atom stereocenters. The first-order valence-electron chi connectivity index (χ1n) is 18.7. The van der Waals surface area contributed by atoms with Crippen molar-refractivity contribution in [2.45, 2.75) is 126 Å². The molecule has 3 aliphatic rings. The maximum Gasteiger partial charge on any atom is 0.407 e. The first-order valence-corrected chi connectivity index (χ1v) is 20.4. The van der Waals surface area contributed by atoms with Crippen LogP contribution in [0.15, 0.2) is 84.3 Å². The van der Waals surface area contributed by atoms with Crippen LogP contribution in [0, 0.1) is 11.8 Å². The van der Waals surface area contributed by atoms with Crippen molar-refractivity contribution < 1.29 is 46.7 Å². The van der Waals surface area contributed by atoms with E-state index >= 15 is 0 Å². The summed E-state index contributed by atoms with van der Waals surface area (Å²) in [6.45, 7) is 20.7. The number of carbonyl (C=O) groups is 1. The quantitative estimate of drug-likeness (QED) is 0.133. The predicted molar refractivity (Wildman–Crippen MR) is 204 cm³/mol. The lowest BCUT2D eigenvalue weighted by Gasteiger charge is -2.38. The van der Waals surface area contributed by atoms with Crippen LogP contribution in [0.2, 0.25) is 0 Å². The minimum absolute atomic E-state index is 0.0320. The Hall–Kier alpha value is -2.84. The number of alkyl carbamates (subject to hydrolysis) is 1. The number of aliphatic hydroxyl groups excluding tert-OH is 1. The van der Waals surface area contributed by atoms with E-state index in [0.717, 1.165) is 36.8 Å². The molecule has 1 amide bonds. The summed E-state index contributed by atoms with van der Waals surface area (Å²) in [5.41, 5.74) is 1.33. The maximum absolute atomic E-state index is 13.7. The van der Waals surface area contributed by atoms with Crippen molar-refractivity contribution in [1.29, 1.82) is 0 Å². The zero-order valence-electron chi connectivity index (χ0n) is 32.1. The van der Waals surface area contributed by atoms with E-state index in [9.17, 15) is 18.3 Å². The minimum Gasteiger partial charge on any atom is -0.444 e. The Morgan fingerprint density at radius 3 is 2.49 bits per heavy atom. The van der Waals surface area contributed by atoms with E-state index in [1.54, 1.807) is 57.2 Å². The van der Waals surface area contributed by atoms with Gasteiger partial charge >= 0.3 is 6.09 Å². The zero-order chi connectivity index (χ0) is 38.8. The summed E-state index contributed by atoms with van der Waals surface area (Å²) in [4.78, 5) is 12.5. The molecule has 0 saturated carbocycles. The van der Waals surface area contributed by atoms with Gasteiger partial charge in [-0.25, -0.2) is 13.2 Å². The van der Waals surface area contributed by atoms with Gasteiger partial charge in [0, 0.05) is 38.8 Å². The van der Waals surface area contributed by atoms with Crippen LogP contribution >= 0.6 is 0 Å². The Morgan fingerprint density at radius 1 is 1.08 bits per heavy atom. The average Bonchev–Trinajstić information content (AvgIpc) is 3.61. The highest BCUT2D eigenvalue weighted by Gasteiger charge is 2.49. The molecular formula is C41H61NO10S. The summed E-state index contributed by atoms with van der Waals surface area (Å²) < 4.78 is 63.7. The minimum atomic E-state index is -3.72. The predicted octanol–water partition coefficient (Wildman–Crippen LogP) is 6.13. The Labute approximate surface area is 316 Å². The first kappa shape index (κ1) is 42.9. The van der Waals surface area contributed by atoms with Crippen molar-refractivity contribution in [3.63, 3.8) is 0 Å². The van der Waals surface area contributed by atoms with Gasteiger partial charge in [-0.1, -0.05) is 56.5 Å². The molecule has 2 N–H and O–H groups in total. The second-order valence-corrected chi connectivity index (χ2v) is 17.5. The maximum atomic E-state index is 13.7. The van der Waals surface area contributed by atoms with Crippen molar-refractivity contribution in [2.75, 3.05) is 32.6 Å². The number of nitrogens with one attached hydrogen (secondary N) is 1. The summed E-state index contributed by atoms with van der Waals surface area (Å²) >= 11 is 0. The lowest BCUT2D eigenvalue weighted by atomic mass is 9.83. The van der Waals surface area contributed by atoms with Crippen LogP contribution in [-0.2, 0) is 38.3 Å². The molecule has 2 unspecified atom stereocenters. The molecule has 0 spiro atoms. The van der Waals surface area contributed by atoms with Gasteiger partial charge in [0.05, 0.1) is 72.7 Å². The van der Waals surface area contributed by atoms with Gasteiger partial charge in [-0.2, -0.15) is 0 Å². The summed E-state index contributed by atoms with van der Waals surface area (Å²) in [5, 5.41) is 13.6. The SMILES string of the molecule is C=CCOC/C=C/[C@H]1CC(=C)C(CC[C@H]2C[C@@H](C)C(=C)[C@@H](CC3O[C@H](C[C@H](O)CNC(=O)OC(C)(C)C)[C@H](OC)[C@H]3CS(=O)(=O)c3ccccc3)O2)O1. The van der Waals surface area contributed by atoms with Gasteiger partial charge in [-0.05, 0) is 69.2 Å². The molecular weight excluding hydrogens is 699 g/mol. The monoisotopic (exact) mass is 759 g/mol. The van der Waals surface area contributed by atoms with Gasteiger partial charge in [-0.3, -0.25) is 0 Å². The Bertz CT molecular complexity index is 1510. The number of methoxy groups -OCH3 is 1. The van der Waals surface area contributed by atoms with Gasteiger partial charge in [-0.15, -0.1) is 6.58 Å². The van der Waals surface area contributed by atoms with Crippen molar-refractivity contribution >= 4 is 15.9 Å². The molecule has 11 nitrogen and oxygen atoms in total. The van der Waals surface area contributed by atoms with E-state index in [1.165, 1.54) is 7.11 Å². The lowest BCUT2D eigenvalue weighted by Crippen LogP contribution is -2.41. The Kier molecular flexibility index (Phi) is 15.9. The average molecular weight is 760 g/mol. The van der Waals surface area contributed by atoms with Crippen molar-refractivity contribution in [3.05, 3.63) is 79.4 Å². The molecule has 0 aromatic heterocycles. The highest BCUT2D eigenvalue weighted by atomic mass is 32.2. The van der Waals surface area contributed by atoms with E-state index in [0.29, 0.717) is 19.6 Å². The highest BCUT2D eigenvalue weighted by Crippen LogP contribution is 2.41. The molecule has 3 fully saturated rings. The number of ether oxygens (including phenoxy) is 6. The normalized spacial score (nSPS) is 30.1. The van der Waals surface area contributed by atoms with Crippen LogP contribution in [0.25, 0.3) is 0 Å². The number of amides is 1. The second kappa shape index (κ2) is 19.7. The van der Waals surface area contributed by atoms with E-state index in [1.807, 2.05) is 12.2 Å². The van der Waals surface area contributed by atoms with Crippen molar-refractivity contribution in [2.24, 2.45) is 11.8 Å². The summed E-state index contributed by atoms with van der Waals surface area (Å²) in [6, 6.07) is 8.35. The van der Waals surface area contributed by atoms with Crippen LogP contribution in [0.4, 0.5) is 4.79 Å². The third-order valence-electron chi connectivity index (χ3n) is 10.1. The first-order chi connectivity index (χ1) is 25.1. The van der Waals surface area contributed by atoms with Crippen molar-refractivity contribution in [3.8, 4) is 0 Å². The van der Waals surface area contributed by atoms with Crippen LogP contribution in [0.3, 0.4) is 0 Å². The van der Waals surface area contributed by atoms with Crippen LogP contribution in [-0.4, -0.2) is 107 Å². The number of rotatable bonds is 18. The molecule has 3 heterocycles. The molecule has 1 aromatic carbocycles. The zero-order valence-corrected chi connectivity index (χ0v) is 32.9. The van der Waals surface area contributed by atoms with Gasteiger partial charge in [0.2, 0.25) is 0 Å². The molecule has 3 aliphatic heterocycles. The van der Waals surface area contributed by atoms with Gasteiger partial charge in [0.1, 0.15) is 5.60 Å². The van der Waals surface area contributed by atoms with E-state index in [2.05, 4.69) is 32.0 Å². The van der Waals surface area contributed by atoms with Crippen LogP contribution in [0.5, 0.6) is 0 Å². The van der Waals surface area contributed by atoms with E-state index in [4.69, 9.17) is 28.4 Å². The largest absolute Gasteiger partial charge is 0.444 e. The molecule has 0 radical (unpaired) electrons. The van der Waals surface area contributed by atoms with Gasteiger partial charge in [0.15, 0.2) is 9.84 Å². The standard InChI is InChI=1S/C41H61NO10S/c1-9-19-48-20-13-14-31-22-28(3)35(49-31)18-17-32-21-27(2)29(4)36(50-32)24-37-34(26-53(45,46)33-15-11-10-12-16-33)39(47-8)38(51-37)23-30(43)25-42-40(44)52-41(5,6)7/h9-16,27,30-32,34-39,43H,1,3-4,17-26H2,2,5-8H3,(H,42,44)/b14-13+/t27-,30+,31+,32+,34+,35?,36-,37?,38-,39-/m1/s1. The third-order valence-corrected chi connectivity index (χ3v) is 11.9. The smallest absolute Gasteiger partial charge is 0.407 e. The Balaban J connectivity index is 1.43. The van der Waals surface area contributed by atoms with Crippen molar-refractivity contribution in [1.82, 2.24) is 5.32 Å². The summed E-state index contributed by atoms with van der Waals surface area (Å²) in [5.74, 6) is -0.589. The highest BCUT2D eigenvalue weighted by molar-refractivity contribution is 7.91. The molecule has 4 rings (SSSR count). The van der Waals surface area contributed by atoms with Crippen LogP contribution in [0.1, 0.15) is 66.2 Å². The van der Waals surface area contributed by atoms with Crippen LogP contribution < -0.4 is 5.32 Å². The molecule has 1 aromatic rings. The molecule has 3 saturated heterocycles. The third kappa shape index (κ3) is 12.9. The number of aliphatic hydroxyl groups is 1. The molecule has 296 valence electrons. The number of benzene rings is 1. The molecule has 12 heteroatoms. The number of sulfone groups is 1. The Morgan fingerprint density at radius 2 is 1.81 bits per heavy atom. The summed E-state index contributed by atoms with van der Waals surface area (Å²) in [7, 11) is -2.19. The molecule has 0 bridgehead atoms. The summed E-state index contributed by atoms with van der Waals surface area (Å²) in [6.07, 6.45) is 5.34. The topological polar surface area (TPSA) is 139 Å². The van der Waals surface area contributed by atoms with Gasteiger partial charge in [0.25, 0.3) is 0 Å². The van der Waals surface area contributed by atoms with Gasteiger partial charge < -0.3 is 38.8 Å². The number of hydrogen-bond donors (Lipinski definition) is 2. The fourth-order valence-electron chi connectivity index (χ4n) is 7.42. The lowest BCUT2D eigenvalue weighted by molar-refractivity contribution is -0.0769. The second-order valence-electron chi connectivity index (χ2n) is 15.5. The fourth-order valence-corrected chi connectivity index (χ4v) is 9.10. The van der Waals surface area contributed by atoms with E-state index in [-0.39, 0.29) is 53.9 Å². The fraction of sp³-hybridized carbons (Fsp3) is 0.634. The number of carbonyl (C=O) groups excluding carboxylic acids is 1. The van der Waals surface area contributed by atoms with E-state index < -0.39 is 51.9 Å². The molecule has 53 heavy (non-hydrogen) atoms.